The van der Waals surface area contributed by atoms with Gasteiger partial charge in [0.2, 0.25) is 5.91 Å². The maximum Gasteiger partial charge on any atom is 0.408 e. The summed E-state index contributed by atoms with van der Waals surface area (Å²) >= 11 is 0. The number of alkyl carbamates (subject to hydrolysis) is 1. The lowest BCUT2D eigenvalue weighted by Crippen LogP contribution is -2.52. The molecular weight excluding hydrogens is 320 g/mol. The third kappa shape index (κ3) is 7.13. The fourth-order valence-electron chi connectivity index (χ4n) is 2.25. The second-order valence-corrected chi connectivity index (χ2v) is 7.09. The van der Waals surface area contributed by atoms with Crippen LogP contribution in [0, 0.1) is 5.92 Å². The molecule has 140 valence electrons. The Labute approximate surface area is 151 Å². The molecule has 1 aromatic carbocycles. The zero-order chi connectivity index (χ0) is 19.9. The van der Waals surface area contributed by atoms with E-state index in [4.69, 9.17) is 6.15 Å². The first-order valence-electron chi connectivity index (χ1n) is 9.02. The molecule has 3 atom stereocenters. The summed E-state index contributed by atoms with van der Waals surface area (Å²) in [4.78, 5) is 25.0. The van der Waals surface area contributed by atoms with E-state index in [1.807, 2.05) is 25.1 Å². The summed E-state index contributed by atoms with van der Waals surface area (Å²) in [6, 6.07) is 7.43. The SMILES string of the molecule is [2H]N(C(=O)OC(C)(C)C)[C@H](C(=O)NC(CO)c1ccccc1)[C@@H](C)CC. The minimum atomic E-state index is -1.02. The summed E-state index contributed by atoms with van der Waals surface area (Å²) in [6.45, 7) is 8.51. The Balaban J connectivity index is 2.97. The number of nitrogens with one attached hydrogen (secondary N) is 2. The molecule has 0 fully saturated rings. The molecule has 2 amide bonds. The van der Waals surface area contributed by atoms with Crippen LogP contribution in [0.1, 0.15) is 52.6 Å². The van der Waals surface area contributed by atoms with Crippen molar-refractivity contribution < 1.29 is 20.8 Å². The summed E-state index contributed by atoms with van der Waals surface area (Å²) in [6.07, 6.45) is -0.274. The van der Waals surface area contributed by atoms with Crippen molar-refractivity contribution in [2.24, 2.45) is 5.92 Å². The molecule has 6 heteroatoms. The van der Waals surface area contributed by atoms with Gasteiger partial charge in [-0.05, 0) is 32.3 Å². The van der Waals surface area contributed by atoms with Crippen molar-refractivity contribution in [1.82, 2.24) is 10.6 Å². The maximum atomic E-state index is 12.8. The van der Waals surface area contributed by atoms with Crippen LogP contribution in [0.3, 0.4) is 0 Å². The Morgan fingerprint density at radius 3 is 2.36 bits per heavy atom. The zero-order valence-electron chi connectivity index (χ0n) is 16.7. The van der Waals surface area contributed by atoms with Gasteiger partial charge < -0.3 is 20.5 Å². The van der Waals surface area contributed by atoms with Gasteiger partial charge in [-0.25, -0.2) is 4.79 Å². The fourth-order valence-corrected chi connectivity index (χ4v) is 2.25. The molecule has 0 saturated carbocycles. The second kappa shape index (κ2) is 9.42. The van der Waals surface area contributed by atoms with Gasteiger partial charge in [-0.2, -0.15) is 0 Å². The highest BCUT2D eigenvalue weighted by molar-refractivity contribution is 5.86. The third-order valence-electron chi connectivity index (χ3n) is 3.79. The minimum Gasteiger partial charge on any atom is -0.444 e. The number of rotatable bonds is 7. The van der Waals surface area contributed by atoms with Gasteiger partial charge in [-0.3, -0.25) is 4.79 Å². The summed E-state index contributed by atoms with van der Waals surface area (Å²) < 4.78 is 13.3. The molecule has 0 aliphatic heterocycles. The monoisotopic (exact) mass is 351 g/mol. The molecule has 1 unspecified atom stereocenters. The molecule has 25 heavy (non-hydrogen) atoms. The lowest BCUT2D eigenvalue weighted by atomic mass is 9.97. The van der Waals surface area contributed by atoms with Crippen LogP contribution < -0.4 is 10.6 Å². The molecule has 0 spiro atoms. The van der Waals surface area contributed by atoms with E-state index in [9.17, 15) is 14.7 Å². The maximum absolute atomic E-state index is 12.8. The summed E-state index contributed by atoms with van der Waals surface area (Å²) in [5.41, 5.74) is -0.00934. The highest BCUT2D eigenvalue weighted by Gasteiger charge is 2.29. The number of carbonyl (C=O) groups excluding carboxylic acids is 2. The fraction of sp³-hybridized carbons (Fsp3) is 0.579. The number of hydrogen-bond acceptors (Lipinski definition) is 4. The number of aliphatic hydroxyl groups excluding tert-OH is 1. The number of carbonyl (C=O) groups is 2. The van der Waals surface area contributed by atoms with Crippen LogP contribution in [0.2, 0.25) is 1.41 Å². The van der Waals surface area contributed by atoms with Crippen molar-refractivity contribution in [3.8, 4) is 0 Å². The van der Waals surface area contributed by atoms with Crippen molar-refractivity contribution in [1.29, 1.82) is 0 Å². The largest absolute Gasteiger partial charge is 0.444 e. The molecule has 3 N–H and O–H groups in total. The molecule has 0 heterocycles. The van der Waals surface area contributed by atoms with E-state index in [0.717, 1.165) is 5.56 Å². The Morgan fingerprint density at radius 2 is 1.88 bits per heavy atom. The Kier molecular flexibility index (Phi) is 7.25. The molecule has 0 aliphatic carbocycles. The number of amides is 2. The van der Waals surface area contributed by atoms with E-state index >= 15 is 0 Å². The minimum absolute atomic E-state index is 0.255. The number of hydrogen-bond donors (Lipinski definition) is 3. The summed E-state index contributed by atoms with van der Waals surface area (Å²) in [5.74, 6) is -0.752. The lowest BCUT2D eigenvalue weighted by molar-refractivity contribution is -0.125. The number of aliphatic hydroxyl groups is 1. The second-order valence-electron chi connectivity index (χ2n) is 7.09. The Bertz CT molecular complexity index is 589. The quantitative estimate of drug-likeness (QED) is 0.705. The lowest BCUT2D eigenvalue weighted by Gasteiger charge is -2.28. The van der Waals surface area contributed by atoms with Crippen LogP contribution in [-0.2, 0) is 9.53 Å². The molecule has 6 nitrogen and oxygen atoms in total. The van der Waals surface area contributed by atoms with Gasteiger partial charge in [0.25, 0.3) is 0 Å². The molecule has 0 saturated heterocycles. The first-order chi connectivity index (χ1) is 12.1. The molecule has 1 rings (SSSR count). The summed E-state index contributed by atoms with van der Waals surface area (Å²) in [5, 5.41) is 13.0. The van der Waals surface area contributed by atoms with E-state index in [0.29, 0.717) is 11.7 Å². The Morgan fingerprint density at radius 1 is 1.28 bits per heavy atom. The van der Waals surface area contributed by atoms with Gasteiger partial charge in [0.15, 0.2) is 1.41 Å². The third-order valence-corrected chi connectivity index (χ3v) is 3.79. The average molecular weight is 351 g/mol. The Hall–Kier alpha value is -2.08. The van der Waals surface area contributed by atoms with Crippen LogP contribution in [0.25, 0.3) is 0 Å². The first-order valence-corrected chi connectivity index (χ1v) is 8.58. The first kappa shape index (κ1) is 19.2. The van der Waals surface area contributed by atoms with Crippen molar-refractivity contribution in [3.05, 3.63) is 35.9 Å². The van der Waals surface area contributed by atoms with Gasteiger partial charge in [0.1, 0.15) is 11.6 Å². The van der Waals surface area contributed by atoms with Crippen molar-refractivity contribution in [3.63, 3.8) is 0 Å². The molecular formula is C19H30N2O4. The number of benzene rings is 1. The average Bonchev–Trinajstić information content (AvgIpc) is 2.58. The van der Waals surface area contributed by atoms with Gasteiger partial charge in [0, 0.05) is 0 Å². The van der Waals surface area contributed by atoms with Gasteiger partial charge in [-0.15, -0.1) is 0 Å². The van der Waals surface area contributed by atoms with Crippen LogP contribution >= 0.6 is 0 Å². The predicted molar refractivity (Wildman–Crippen MR) is 97.0 cm³/mol. The van der Waals surface area contributed by atoms with Crippen molar-refractivity contribution in [2.75, 3.05) is 6.61 Å². The zero-order valence-corrected chi connectivity index (χ0v) is 15.7. The molecule has 0 aliphatic rings. The van der Waals surface area contributed by atoms with E-state index in [-0.39, 0.29) is 12.5 Å². The van der Waals surface area contributed by atoms with Crippen LogP contribution in [0.15, 0.2) is 30.3 Å². The molecule has 0 bridgehead atoms. The highest BCUT2D eigenvalue weighted by atomic mass is 16.6. The van der Waals surface area contributed by atoms with Gasteiger partial charge >= 0.3 is 6.09 Å². The van der Waals surface area contributed by atoms with Crippen LogP contribution in [0.4, 0.5) is 4.79 Å². The normalized spacial score (nSPS) is 15.5. The predicted octanol–water partition coefficient (Wildman–Crippen LogP) is 2.78. The van der Waals surface area contributed by atoms with Crippen LogP contribution in [-0.4, -0.2) is 35.4 Å². The number of ether oxygens (including phenoxy) is 1. The smallest absolute Gasteiger partial charge is 0.408 e. The molecule has 0 aromatic heterocycles. The molecule has 1 aromatic rings. The summed E-state index contributed by atoms with van der Waals surface area (Å²) in [7, 11) is 0. The van der Waals surface area contributed by atoms with Crippen molar-refractivity contribution in [2.45, 2.75) is 58.7 Å². The standard InChI is InChI=1S/C19H30N2O4/c1-6-13(2)16(21-18(24)25-19(3,4)5)17(23)20-15(12-22)14-10-8-7-9-11-14/h7-11,13,15-16,22H,6,12H2,1-5H3,(H,20,23)(H,21,24)/t13-,15?,16-/m0/s1/i/hD. The van der Waals surface area contributed by atoms with Crippen molar-refractivity contribution >= 4 is 12.0 Å². The topological polar surface area (TPSA) is 87.7 Å². The van der Waals surface area contributed by atoms with Crippen LogP contribution in [0.5, 0.6) is 0 Å². The molecule has 0 radical (unpaired) electrons. The van der Waals surface area contributed by atoms with Gasteiger partial charge in [-0.1, -0.05) is 50.6 Å². The van der Waals surface area contributed by atoms with E-state index < -0.39 is 29.7 Å². The van der Waals surface area contributed by atoms with E-state index in [2.05, 4.69) is 5.32 Å². The van der Waals surface area contributed by atoms with E-state index in [1.54, 1.807) is 39.8 Å². The van der Waals surface area contributed by atoms with E-state index in [1.165, 1.54) is 0 Å². The highest BCUT2D eigenvalue weighted by Crippen LogP contribution is 2.15. The van der Waals surface area contributed by atoms with Gasteiger partial charge in [0.05, 0.1) is 12.6 Å².